The van der Waals surface area contributed by atoms with Crippen molar-refractivity contribution in [2.45, 2.75) is 25.2 Å². The van der Waals surface area contributed by atoms with Crippen LogP contribution in [0.4, 0.5) is 4.79 Å². The molecule has 118 valence electrons. The van der Waals surface area contributed by atoms with Gasteiger partial charge in [0.2, 0.25) is 0 Å². The number of ether oxygens (including phenoxy) is 3. The molecule has 0 aliphatic carbocycles. The van der Waals surface area contributed by atoms with Gasteiger partial charge in [-0.2, -0.15) is 0 Å². The molecule has 0 bridgehead atoms. The van der Waals surface area contributed by atoms with Crippen molar-refractivity contribution in [1.29, 1.82) is 0 Å². The number of esters is 1. The summed E-state index contributed by atoms with van der Waals surface area (Å²) in [6, 6.07) is 8.38. The second kappa shape index (κ2) is 7.44. The van der Waals surface area contributed by atoms with Gasteiger partial charge in [0, 0.05) is 6.42 Å². The molecule has 7 nitrogen and oxygen atoms in total. The normalized spacial score (nSPS) is 20.3. The molecule has 7 heteroatoms. The molecule has 0 aromatic heterocycles. The SMILES string of the molecule is COC(=O)[C@@H]1C[C@H](OC=O)CN1C(=O)OCc1ccccc1. The van der Waals surface area contributed by atoms with E-state index < -0.39 is 24.2 Å². The van der Waals surface area contributed by atoms with Crippen molar-refractivity contribution in [3.8, 4) is 0 Å². The number of carbonyl (C=O) groups is 3. The van der Waals surface area contributed by atoms with E-state index in [2.05, 4.69) is 4.74 Å². The Morgan fingerprint density at radius 3 is 2.68 bits per heavy atom. The second-order valence-corrected chi connectivity index (χ2v) is 4.82. The molecule has 0 spiro atoms. The maximum absolute atomic E-state index is 12.2. The molecule has 0 unspecified atom stereocenters. The Bertz CT molecular complexity index is 532. The lowest BCUT2D eigenvalue weighted by Crippen LogP contribution is -2.41. The smallest absolute Gasteiger partial charge is 0.410 e. The number of benzene rings is 1. The third-order valence-corrected chi connectivity index (χ3v) is 3.42. The fraction of sp³-hybridized carbons (Fsp3) is 0.400. The first kappa shape index (κ1) is 15.8. The number of hydrogen-bond donors (Lipinski definition) is 0. The molecule has 22 heavy (non-hydrogen) atoms. The Morgan fingerprint density at radius 2 is 2.05 bits per heavy atom. The molecule has 1 amide bonds. The molecular weight excluding hydrogens is 290 g/mol. The molecule has 1 aromatic rings. The molecule has 1 aromatic carbocycles. The third kappa shape index (κ3) is 3.75. The number of rotatable bonds is 5. The van der Waals surface area contributed by atoms with Crippen LogP contribution >= 0.6 is 0 Å². The Hall–Kier alpha value is -2.57. The van der Waals surface area contributed by atoms with E-state index in [1.165, 1.54) is 12.0 Å². The largest absolute Gasteiger partial charge is 0.467 e. The van der Waals surface area contributed by atoms with Gasteiger partial charge in [-0.3, -0.25) is 9.69 Å². The van der Waals surface area contributed by atoms with Crippen LogP contribution in [0.15, 0.2) is 30.3 Å². The summed E-state index contributed by atoms with van der Waals surface area (Å²) in [6.45, 7) is 0.507. The van der Waals surface area contributed by atoms with Gasteiger partial charge in [0.1, 0.15) is 18.8 Å². The highest BCUT2D eigenvalue weighted by molar-refractivity contribution is 5.82. The number of likely N-dealkylation sites (tertiary alicyclic amines) is 1. The fourth-order valence-corrected chi connectivity index (χ4v) is 2.34. The standard InChI is InChI=1S/C15H17NO6/c1-20-14(18)13-7-12(22-10-17)8-16(13)15(19)21-9-11-5-3-2-4-6-11/h2-6,10,12-13H,7-9H2,1H3/t12-,13-/m0/s1. The summed E-state index contributed by atoms with van der Waals surface area (Å²) in [5.74, 6) is -0.561. The highest BCUT2D eigenvalue weighted by Crippen LogP contribution is 2.22. The summed E-state index contributed by atoms with van der Waals surface area (Å²) in [7, 11) is 1.24. The van der Waals surface area contributed by atoms with E-state index in [1.807, 2.05) is 30.3 Å². The fourth-order valence-electron chi connectivity index (χ4n) is 2.34. The van der Waals surface area contributed by atoms with Gasteiger partial charge in [0.25, 0.3) is 6.47 Å². The zero-order chi connectivity index (χ0) is 15.9. The Morgan fingerprint density at radius 1 is 1.32 bits per heavy atom. The van der Waals surface area contributed by atoms with Gasteiger partial charge in [-0.1, -0.05) is 30.3 Å². The van der Waals surface area contributed by atoms with Gasteiger partial charge in [-0.05, 0) is 5.56 Å². The minimum absolute atomic E-state index is 0.100. The summed E-state index contributed by atoms with van der Waals surface area (Å²) in [5, 5.41) is 0. The lowest BCUT2D eigenvalue weighted by atomic mass is 10.2. The van der Waals surface area contributed by atoms with Gasteiger partial charge in [-0.25, -0.2) is 9.59 Å². The molecule has 1 saturated heterocycles. The predicted octanol–water partition coefficient (Wildman–Crippen LogP) is 1.11. The quantitative estimate of drug-likeness (QED) is 0.460. The Kier molecular flexibility index (Phi) is 5.35. The predicted molar refractivity (Wildman–Crippen MR) is 74.7 cm³/mol. The van der Waals surface area contributed by atoms with Crippen LogP contribution in [0.25, 0.3) is 0 Å². The first-order valence-corrected chi connectivity index (χ1v) is 6.80. The minimum atomic E-state index is -0.807. The van der Waals surface area contributed by atoms with E-state index in [1.54, 1.807) is 0 Å². The molecule has 1 aliphatic rings. The summed E-state index contributed by atoms with van der Waals surface area (Å²) in [5.41, 5.74) is 0.838. The molecule has 1 fully saturated rings. The number of amides is 1. The number of nitrogens with zero attached hydrogens (tertiary/aromatic N) is 1. The van der Waals surface area contributed by atoms with Crippen molar-refractivity contribution in [1.82, 2.24) is 4.90 Å². The van der Waals surface area contributed by atoms with Crippen LogP contribution in [0.1, 0.15) is 12.0 Å². The van der Waals surface area contributed by atoms with E-state index in [-0.39, 0.29) is 19.6 Å². The summed E-state index contributed by atoms with van der Waals surface area (Å²) >= 11 is 0. The topological polar surface area (TPSA) is 82.1 Å². The van der Waals surface area contributed by atoms with Gasteiger partial charge < -0.3 is 14.2 Å². The maximum atomic E-state index is 12.2. The average Bonchev–Trinajstić information content (AvgIpc) is 2.97. The molecule has 0 saturated carbocycles. The summed E-state index contributed by atoms with van der Waals surface area (Å²) in [4.78, 5) is 35.5. The van der Waals surface area contributed by atoms with Crippen LogP contribution in [0, 0.1) is 0 Å². The average molecular weight is 307 g/mol. The Labute approximate surface area is 127 Å². The van der Waals surface area contributed by atoms with Crippen LogP contribution in [0.3, 0.4) is 0 Å². The minimum Gasteiger partial charge on any atom is -0.467 e. The first-order chi connectivity index (χ1) is 10.7. The van der Waals surface area contributed by atoms with Crippen LogP contribution in [-0.2, 0) is 30.4 Å². The summed E-state index contributed by atoms with van der Waals surface area (Å²) in [6.07, 6.45) is -0.978. The highest BCUT2D eigenvalue weighted by Gasteiger charge is 2.42. The molecule has 2 atom stereocenters. The monoisotopic (exact) mass is 307 g/mol. The van der Waals surface area contributed by atoms with Crippen LogP contribution < -0.4 is 0 Å². The van der Waals surface area contributed by atoms with Crippen molar-refractivity contribution in [2.24, 2.45) is 0 Å². The molecule has 0 radical (unpaired) electrons. The molecule has 0 N–H and O–H groups in total. The maximum Gasteiger partial charge on any atom is 0.410 e. The molecule has 2 rings (SSSR count). The van der Waals surface area contributed by atoms with E-state index in [0.717, 1.165) is 5.56 Å². The van der Waals surface area contributed by atoms with Gasteiger partial charge in [0.15, 0.2) is 0 Å². The van der Waals surface area contributed by atoms with Crippen molar-refractivity contribution in [2.75, 3.05) is 13.7 Å². The number of carbonyl (C=O) groups excluding carboxylic acids is 3. The first-order valence-electron chi connectivity index (χ1n) is 6.80. The van der Waals surface area contributed by atoms with Gasteiger partial charge >= 0.3 is 12.1 Å². The number of hydrogen-bond acceptors (Lipinski definition) is 6. The zero-order valence-electron chi connectivity index (χ0n) is 12.1. The van der Waals surface area contributed by atoms with E-state index >= 15 is 0 Å². The third-order valence-electron chi connectivity index (χ3n) is 3.42. The lowest BCUT2D eigenvalue weighted by Gasteiger charge is -2.21. The van der Waals surface area contributed by atoms with Crippen molar-refractivity contribution < 1.29 is 28.6 Å². The molecular formula is C15H17NO6. The van der Waals surface area contributed by atoms with Crippen LogP contribution in [0.2, 0.25) is 0 Å². The van der Waals surface area contributed by atoms with E-state index in [0.29, 0.717) is 6.47 Å². The van der Waals surface area contributed by atoms with Crippen molar-refractivity contribution in [3.63, 3.8) is 0 Å². The van der Waals surface area contributed by atoms with Gasteiger partial charge in [0.05, 0.1) is 13.7 Å². The zero-order valence-corrected chi connectivity index (χ0v) is 12.1. The summed E-state index contributed by atoms with van der Waals surface area (Å²) < 4.78 is 14.7. The lowest BCUT2D eigenvalue weighted by molar-refractivity contribution is -0.145. The second-order valence-electron chi connectivity index (χ2n) is 4.82. The van der Waals surface area contributed by atoms with Crippen molar-refractivity contribution >= 4 is 18.5 Å². The molecule has 1 aliphatic heterocycles. The Balaban J connectivity index is 1.98. The highest BCUT2D eigenvalue weighted by atomic mass is 16.6. The number of methoxy groups -OCH3 is 1. The van der Waals surface area contributed by atoms with E-state index in [4.69, 9.17) is 9.47 Å². The van der Waals surface area contributed by atoms with Gasteiger partial charge in [-0.15, -0.1) is 0 Å². The van der Waals surface area contributed by atoms with Crippen LogP contribution in [-0.4, -0.2) is 49.2 Å². The van der Waals surface area contributed by atoms with E-state index in [9.17, 15) is 14.4 Å². The van der Waals surface area contributed by atoms with Crippen molar-refractivity contribution in [3.05, 3.63) is 35.9 Å². The molecule has 1 heterocycles. The van der Waals surface area contributed by atoms with Crippen LogP contribution in [0.5, 0.6) is 0 Å².